The Bertz CT molecular complexity index is 989. The van der Waals surface area contributed by atoms with Gasteiger partial charge in [0.15, 0.2) is 23.6 Å². The topological polar surface area (TPSA) is 148 Å². The van der Waals surface area contributed by atoms with Crippen LogP contribution in [0, 0.1) is 12.3 Å². The molecule has 0 amide bonds. The number of aliphatic hydroxyl groups excluding tert-OH is 2. The lowest BCUT2D eigenvalue weighted by Crippen LogP contribution is -2.36. The largest absolute Gasteiger partial charge is 0.390 e. The number of aromatic amines is 1. The van der Waals surface area contributed by atoms with Crippen LogP contribution in [-0.2, 0) is 11.3 Å². The van der Waals surface area contributed by atoms with E-state index < -0.39 is 42.0 Å². The van der Waals surface area contributed by atoms with Crippen LogP contribution < -0.4 is 17.0 Å². The summed E-state index contributed by atoms with van der Waals surface area (Å²) in [5.74, 6) is 1.96. The quantitative estimate of drug-likeness (QED) is 0.479. The number of nitrogens with zero attached hydrogens (tertiary/aromatic N) is 3. The van der Waals surface area contributed by atoms with Crippen LogP contribution in [0.5, 0.6) is 0 Å². The number of alkyl halides is 1. The lowest BCUT2D eigenvalue weighted by Gasteiger charge is -2.18. The molecule has 2 aromatic rings. The molecule has 3 heterocycles. The number of anilines is 1. The Balaban J connectivity index is 2.23. The Kier molecular flexibility index (Phi) is 4.57. The minimum atomic E-state index is -1.94. The van der Waals surface area contributed by atoms with Crippen LogP contribution in [0.3, 0.4) is 0 Å². The van der Waals surface area contributed by atoms with Crippen molar-refractivity contribution in [1.82, 2.24) is 19.1 Å². The third-order valence-corrected chi connectivity index (χ3v) is 4.36. The molecule has 10 nitrogen and oxygen atoms in total. The molecular formula is C15H18FN5O5. The second kappa shape index (κ2) is 6.56. The molecule has 5 atom stereocenters. The number of nitrogen functional groups attached to an aromatic ring is 1. The number of hydrogen-bond donors (Lipinski definition) is 4. The molecule has 0 saturated carbocycles. The predicted molar refractivity (Wildman–Crippen MR) is 89.0 cm³/mol. The van der Waals surface area contributed by atoms with E-state index >= 15 is 0 Å². The lowest BCUT2D eigenvalue weighted by atomic mass is 10.1. The van der Waals surface area contributed by atoms with Crippen LogP contribution in [0.2, 0.25) is 0 Å². The summed E-state index contributed by atoms with van der Waals surface area (Å²) in [4.78, 5) is 31.1. The highest BCUT2D eigenvalue weighted by Gasteiger charge is 2.49. The standard InChI is InChI=1S/C15H18FN5O5/c1-3-5-20-8-11(18-14(17)19-12(8)24)21(15(20)25)13-9(23)7(16)10(26-13)6(22)4-2/h1,6-7,9-10,13,22-23H,4-5H2,2H3,(H3,17,18,19,24)/t6-,7-,9-,10-,13-/m1/s1. The Labute approximate surface area is 146 Å². The maximum atomic E-state index is 14.4. The Hall–Kier alpha value is -2.68. The van der Waals surface area contributed by atoms with Gasteiger partial charge in [0.1, 0.15) is 12.2 Å². The predicted octanol–water partition coefficient (Wildman–Crippen LogP) is -1.53. The first kappa shape index (κ1) is 18.1. The number of imidazole rings is 1. The van der Waals surface area contributed by atoms with Gasteiger partial charge in [-0.2, -0.15) is 4.98 Å². The number of halogens is 1. The second-order valence-corrected chi connectivity index (χ2v) is 5.97. The number of nitrogens with one attached hydrogen (secondary N) is 1. The van der Waals surface area contributed by atoms with E-state index in [-0.39, 0.29) is 30.1 Å². The van der Waals surface area contributed by atoms with Gasteiger partial charge in [0.05, 0.1) is 12.6 Å². The van der Waals surface area contributed by atoms with E-state index in [4.69, 9.17) is 16.9 Å². The summed E-state index contributed by atoms with van der Waals surface area (Å²) in [6, 6.07) is 0. The van der Waals surface area contributed by atoms with Gasteiger partial charge in [-0.25, -0.2) is 13.8 Å². The fourth-order valence-corrected chi connectivity index (χ4v) is 3.08. The van der Waals surface area contributed by atoms with Crippen LogP contribution in [0.25, 0.3) is 11.2 Å². The van der Waals surface area contributed by atoms with Crippen molar-refractivity contribution in [1.29, 1.82) is 0 Å². The molecule has 0 aromatic carbocycles. The molecule has 0 bridgehead atoms. The molecular weight excluding hydrogens is 349 g/mol. The van der Waals surface area contributed by atoms with Gasteiger partial charge < -0.3 is 20.7 Å². The number of rotatable bonds is 4. The molecule has 1 fully saturated rings. The number of aliphatic hydroxyl groups is 2. The molecule has 26 heavy (non-hydrogen) atoms. The number of fused-ring (bicyclic) bond motifs is 1. The molecule has 3 rings (SSSR count). The highest BCUT2D eigenvalue weighted by Crippen LogP contribution is 2.34. The number of ether oxygens (including phenoxy) is 1. The molecule has 1 aliphatic heterocycles. The summed E-state index contributed by atoms with van der Waals surface area (Å²) >= 11 is 0. The Morgan fingerprint density at radius 1 is 1.54 bits per heavy atom. The Morgan fingerprint density at radius 3 is 2.85 bits per heavy atom. The maximum absolute atomic E-state index is 14.4. The number of hydrogen-bond acceptors (Lipinski definition) is 7. The van der Waals surface area contributed by atoms with Gasteiger partial charge in [0.25, 0.3) is 5.56 Å². The third kappa shape index (κ3) is 2.59. The lowest BCUT2D eigenvalue weighted by molar-refractivity contribution is -0.0799. The van der Waals surface area contributed by atoms with Crippen LogP contribution in [0.15, 0.2) is 9.59 Å². The average molecular weight is 367 g/mol. The van der Waals surface area contributed by atoms with E-state index in [9.17, 15) is 24.2 Å². The van der Waals surface area contributed by atoms with Crippen molar-refractivity contribution >= 4 is 17.1 Å². The van der Waals surface area contributed by atoms with Gasteiger partial charge in [-0.1, -0.05) is 12.8 Å². The number of terminal acetylenes is 1. The van der Waals surface area contributed by atoms with Crippen molar-refractivity contribution in [3.63, 3.8) is 0 Å². The van der Waals surface area contributed by atoms with E-state index in [0.29, 0.717) is 0 Å². The molecule has 0 radical (unpaired) electrons. The van der Waals surface area contributed by atoms with Crippen LogP contribution in [0.1, 0.15) is 19.6 Å². The average Bonchev–Trinajstić information content (AvgIpc) is 3.03. The van der Waals surface area contributed by atoms with Crippen molar-refractivity contribution in [2.24, 2.45) is 0 Å². The molecule has 0 spiro atoms. The molecule has 0 unspecified atom stereocenters. The van der Waals surface area contributed by atoms with Gasteiger partial charge in [0.2, 0.25) is 5.95 Å². The fourth-order valence-electron chi connectivity index (χ4n) is 3.08. The molecule has 1 aliphatic rings. The first-order chi connectivity index (χ1) is 12.3. The zero-order valence-corrected chi connectivity index (χ0v) is 13.8. The van der Waals surface area contributed by atoms with E-state index in [1.54, 1.807) is 6.92 Å². The van der Waals surface area contributed by atoms with Gasteiger partial charge in [-0.05, 0) is 6.42 Å². The SMILES string of the molecule is C#CCn1c(=O)n([C@@H]2O[C@H]([C@H](O)CC)[C@H](F)[C@H]2O)c2nc(N)[nH]c(=O)c21. The molecule has 0 aliphatic carbocycles. The van der Waals surface area contributed by atoms with Gasteiger partial charge in [-0.3, -0.25) is 14.3 Å². The zero-order chi connectivity index (χ0) is 19.2. The molecule has 140 valence electrons. The first-order valence-corrected chi connectivity index (χ1v) is 7.91. The van der Waals surface area contributed by atoms with Crippen molar-refractivity contribution in [3.8, 4) is 12.3 Å². The van der Waals surface area contributed by atoms with Gasteiger partial charge in [-0.15, -0.1) is 6.42 Å². The maximum Gasteiger partial charge on any atom is 0.333 e. The van der Waals surface area contributed by atoms with Crippen LogP contribution >= 0.6 is 0 Å². The Morgan fingerprint density at radius 2 is 2.23 bits per heavy atom. The smallest absolute Gasteiger partial charge is 0.333 e. The van der Waals surface area contributed by atoms with E-state index in [1.165, 1.54) is 0 Å². The third-order valence-electron chi connectivity index (χ3n) is 4.36. The van der Waals surface area contributed by atoms with Crippen molar-refractivity contribution in [2.45, 2.75) is 50.6 Å². The van der Waals surface area contributed by atoms with E-state index in [0.717, 1.165) is 9.13 Å². The summed E-state index contributed by atoms with van der Waals surface area (Å²) in [7, 11) is 0. The number of nitrogens with two attached hydrogens (primary N) is 1. The highest BCUT2D eigenvalue weighted by molar-refractivity contribution is 5.72. The number of aromatic nitrogens is 4. The second-order valence-electron chi connectivity index (χ2n) is 5.97. The summed E-state index contributed by atoms with van der Waals surface area (Å²) in [5, 5.41) is 20.1. The van der Waals surface area contributed by atoms with Crippen molar-refractivity contribution in [2.75, 3.05) is 5.73 Å². The van der Waals surface area contributed by atoms with Crippen molar-refractivity contribution in [3.05, 3.63) is 20.8 Å². The minimum Gasteiger partial charge on any atom is -0.390 e. The van der Waals surface area contributed by atoms with Gasteiger partial charge in [0, 0.05) is 0 Å². The minimum absolute atomic E-state index is 0.173. The summed E-state index contributed by atoms with van der Waals surface area (Å²) in [6.45, 7) is 1.37. The van der Waals surface area contributed by atoms with Gasteiger partial charge >= 0.3 is 5.69 Å². The van der Waals surface area contributed by atoms with E-state index in [1.807, 2.05) is 0 Å². The van der Waals surface area contributed by atoms with E-state index in [2.05, 4.69) is 15.9 Å². The zero-order valence-electron chi connectivity index (χ0n) is 13.8. The molecule has 5 N–H and O–H groups in total. The molecule has 11 heteroatoms. The summed E-state index contributed by atoms with van der Waals surface area (Å²) < 4.78 is 21.6. The summed E-state index contributed by atoms with van der Waals surface area (Å²) in [6.07, 6.45) is -2.29. The first-order valence-electron chi connectivity index (χ1n) is 7.91. The van der Waals surface area contributed by atoms with Crippen LogP contribution in [-0.4, -0.2) is 53.8 Å². The monoisotopic (exact) mass is 367 g/mol. The molecule has 1 saturated heterocycles. The molecule has 2 aromatic heterocycles. The highest BCUT2D eigenvalue weighted by atomic mass is 19.1. The summed E-state index contributed by atoms with van der Waals surface area (Å²) in [5.41, 5.74) is 3.63. The number of H-pyrrole nitrogens is 1. The van der Waals surface area contributed by atoms with Crippen LogP contribution in [0.4, 0.5) is 10.3 Å². The fraction of sp³-hybridized carbons (Fsp3) is 0.533. The normalized spacial score (nSPS) is 26.9. The van der Waals surface area contributed by atoms with Crippen molar-refractivity contribution < 1.29 is 19.3 Å².